The summed E-state index contributed by atoms with van der Waals surface area (Å²) < 4.78 is 5.06. The molecule has 2 aromatic heterocycles. The first-order chi connectivity index (χ1) is 21.8. The monoisotopic (exact) mass is 577 g/mol. The van der Waals surface area contributed by atoms with E-state index in [0.29, 0.717) is 0 Å². The first-order valence-corrected chi connectivity index (χ1v) is 15.8. The number of nitrogens with zero attached hydrogens (tertiary/aromatic N) is 1. The molecular weight excluding hydrogens is 551 g/mol. The first-order valence-electron chi connectivity index (χ1n) is 15.0. The summed E-state index contributed by atoms with van der Waals surface area (Å²) in [7, 11) is 0. The molecule has 0 aliphatic heterocycles. The summed E-state index contributed by atoms with van der Waals surface area (Å²) in [5.41, 5.74) is 11.0. The molecule has 7 aromatic carbocycles. The van der Waals surface area contributed by atoms with Crippen molar-refractivity contribution in [3.63, 3.8) is 0 Å². The van der Waals surface area contributed by atoms with Crippen LogP contribution < -0.4 is 0 Å². The number of benzene rings is 7. The van der Waals surface area contributed by atoms with E-state index in [9.17, 15) is 0 Å². The van der Waals surface area contributed by atoms with Crippen LogP contribution in [-0.4, -0.2) is 4.57 Å². The second-order valence-corrected chi connectivity index (χ2v) is 12.5. The van der Waals surface area contributed by atoms with Crippen molar-refractivity contribution in [1.29, 1.82) is 0 Å². The molecule has 0 unspecified atom stereocenters. The molecule has 2 heteroatoms. The van der Waals surface area contributed by atoms with Gasteiger partial charge in [-0.3, -0.25) is 0 Å². The predicted molar refractivity (Wildman–Crippen MR) is 190 cm³/mol. The predicted octanol–water partition coefficient (Wildman–Crippen LogP) is 12.2. The summed E-state index contributed by atoms with van der Waals surface area (Å²) in [6.45, 7) is 0. The van der Waals surface area contributed by atoms with Crippen LogP contribution in [0.4, 0.5) is 0 Å². The minimum Gasteiger partial charge on any atom is -0.309 e. The van der Waals surface area contributed by atoms with Crippen molar-refractivity contribution < 1.29 is 0 Å². The Hall–Kier alpha value is -5.44. The molecular formula is C42H27NS. The fourth-order valence-electron chi connectivity index (χ4n) is 6.69. The zero-order valence-corrected chi connectivity index (χ0v) is 24.8. The van der Waals surface area contributed by atoms with Crippen LogP contribution in [0, 0.1) is 0 Å². The lowest BCUT2D eigenvalue weighted by Crippen LogP contribution is -1.94. The van der Waals surface area contributed by atoms with Gasteiger partial charge in [0.25, 0.3) is 0 Å². The van der Waals surface area contributed by atoms with Crippen LogP contribution in [0.2, 0.25) is 0 Å². The first kappa shape index (κ1) is 25.1. The minimum absolute atomic E-state index is 1.17. The number of hydrogen-bond donors (Lipinski definition) is 0. The average molecular weight is 578 g/mol. The van der Waals surface area contributed by atoms with Gasteiger partial charge in [-0.15, -0.1) is 11.3 Å². The van der Waals surface area contributed by atoms with E-state index >= 15 is 0 Å². The van der Waals surface area contributed by atoms with Gasteiger partial charge in [-0.25, -0.2) is 0 Å². The second kappa shape index (κ2) is 10.1. The molecule has 0 N–H and O–H groups in total. The zero-order valence-electron chi connectivity index (χ0n) is 23.9. The lowest BCUT2D eigenvalue weighted by Gasteiger charge is -2.12. The van der Waals surface area contributed by atoms with Gasteiger partial charge in [0.05, 0.1) is 11.0 Å². The Kier molecular flexibility index (Phi) is 5.75. The third kappa shape index (κ3) is 4.07. The third-order valence-corrected chi connectivity index (χ3v) is 9.94. The van der Waals surface area contributed by atoms with E-state index in [1.165, 1.54) is 81.0 Å². The summed E-state index contributed by atoms with van der Waals surface area (Å²) >= 11 is 1.86. The van der Waals surface area contributed by atoms with Crippen molar-refractivity contribution in [3.05, 3.63) is 164 Å². The Morgan fingerprint density at radius 1 is 0.318 bits per heavy atom. The Balaban J connectivity index is 1.11. The number of thiophene rings is 1. The van der Waals surface area contributed by atoms with Gasteiger partial charge in [0, 0.05) is 36.6 Å². The molecule has 1 nitrogen and oxygen atoms in total. The standard InChI is InChI=1S/C42H27NS/c1-4-19-39-35(16-1)36-17-2-5-20-40(36)43(39)34-15-9-14-32(26-34)30-12-7-10-28(24-30)29-11-8-13-31(25-29)33-22-23-42-38(27-33)37-18-3-6-21-41(37)44-42/h1-27H. The molecule has 44 heavy (non-hydrogen) atoms. The van der Waals surface area contributed by atoms with Crippen LogP contribution in [0.1, 0.15) is 0 Å². The van der Waals surface area contributed by atoms with Gasteiger partial charge in [0.1, 0.15) is 0 Å². The van der Waals surface area contributed by atoms with Crippen LogP contribution in [0.3, 0.4) is 0 Å². The van der Waals surface area contributed by atoms with Gasteiger partial charge in [-0.05, 0) is 88.0 Å². The lowest BCUT2D eigenvalue weighted by molar-refractivity contribution is 1.18. The molecule has 9 rings (SSSR count). The molecule has 9 aromatic rings. The van der Waals surface area contributed by atoms with E-state index in [2.05, 4.69) is 168 Å². The van der Waals surface area contributed by atoms with Crippen LogP contribution in [0.5, 0.6) is 0 Å². The van der Waals surface area contributed by atoms with E-state index in [1.54, 1.807) is 0 Å². The van der Waals surface area contributed by atoms with E-state index in [0.717, 1.165) is 0 Å². The molecule has 0 saturated carbocycles. The highest BCUT2D eigenvalue weighted by molar-refractivity contribution is 7.25. The summed E-state index contributed by atoms with van der Waals surface area (Å²) in [4.78, 5) is 0. The van der Waals surface area contributed by atoms with Crippen LogP contribution in [0.15, 0.2) is 164 Å². The third-order valence-electron chi connectivity index (χ3n) is 8.79. The number of aromatic nitrogens is 1. The van der Waals surface area contributed by atoms with Crippen molar-refractivity contribution in [1.82, 2.24) is 4.57 Å². The Labute approximate surface area is 259 Å². The molecule has 0 saturated heterocycles. The quantitative estimate of drug-likeness (QED) is 0.196. The fourth-order valence-corrected chi connectivity index (χ4v) is 7.77. The molecule has 206 valence electrons. The molecule has 0 atom stereocenters. The van der Waals surface area contributed by atoms with Crippen LogP contribution >= 0.6 is 11.3 Å². The number of fused-ring (bicyclic) bond motifs is 6. The van der Waals surface area contributed by atoms with E-state index in [4.69, 9.17) is 0 Å². The largest absolute Gasteiger partial charge is 0.309 e. The highest BCUT2D eigenvalue weighted by Crippen LogP contribution is 2.38. The average Bonchev–Trinajstić information content (AvgIpc) is 3.64. The zero-order chi connectivity index (χ0) is 29.0. The van der Waals surface area contributed by atoms with Gasteiger partial charge < -0.3 is 4.57 Å². The maximum absolute atomic E-state index is 2.38. The normalized spacial score (nSPS) is 11.6. The summed E-state index contributed by atoms with van der Waals surface area (Å²) in [5, 5.41) is 5.23. The van der Waals surface area contributed by atoms with Crippen molar-refractivity contribution in [2.45, 2.75) is 0 Å². The maximum Gasteiger partial charge on any atom is 0.0541 e. The van der Waals surface area contributed by atoms with Gasteiger partial charge in [-0.2, -0.15) is 0 Å². The van der Waals surface area contributed by atoms with Gasteiger partial charge in [0.15, 0.2) is 0 Å². The molecule has 0 amide bonds. The van der Waals surface area contributed by atoms with Crippen molar-refractivity contribution >= 4 is 53.3 Å². The molecule has 0 aliphatic carbocycles. The van der Waals surface area contributed by atoms with E-state index in [-0.39, 0.29) is 0 Å². The maximum atomic E-state index is 2.38. The fraction of sp³-hybridized carbons (Fsp3) is 0. The van der Waals surface area contributed by atoms with Crippen LogP contribution in [0.25, 0.3) is 81.0 Å². The van der Waals surface area contributed by atoms with Crippen LogP contribution in [-0.2, 0) is 0 Å². The summed E-state index contributed by atoms with van der Waals surface area (Å²) in [6, 6.07) is 59.7. The molecule has 0 radical (unpaired) electrons. The van der Waals surface area contributed by atoms with Gasteiger partial charge in [-0.1, -0.05) is 109 Å². The topological polar surface area (TPSA) is 4.93 Å². The highest BCUT2D eigenvalue weighted by Gasteiger charge is 2.13. The molecule has 0 bridgehead atoms. The Morgan fingerprint density at radius 3 is 1.43 bits per heavy atom. The van der Waals surface area contributed by atoms with Gasteiger partial charge in [0.2, 0.25) is 0 Å². The Morgan fingerprint density at radius 2 is 0.795 bits per heavy atom. The Bertz CT molecular complexity index is 2460. The van der Waals surface area contributed by atoms with E-state index in [1.807, 2.05) is 11.3 Å². The smallest absolute Gasteiger partial charge is 0.0541 e. The lowest BCUT2D eigenvalue weighted by atomic mass is 9.95. The summed E-state index contributed by atoms with van der Waals surface area (Å²) in [6.07, 6.45) is 0. The number of hydrogen-bond acceptors (Lipinski definition) is 1. The van der Waals surface area contributed by atoms with Crippen molar-refractivity contribution in [3.8, 4) is 39.1 Å². The molecule has 0 fully saturated rings. The molecule has 2 heterocycles. The second-order valence-electron chi connectivity index (χ2n) is 11.4. The van der Waals surface area contributed by atoms with Gasteiger partial charge >= 0.3 is 0 Å². The number of rotatable bonds is 4. The SMILES string of the molecule is c1cc(-c2cccc(-c3ccc4sc5ccccc5c4c3)c2)cc(-c2cccc(-n3c4ccccc4c4ccccc43)c2)c1. The van der Waals surface area contributed by atoms with Crippen molar-refractivity contribution in [2.75, 3.05) is 0 Å². The van der Waals surface area contributed by atoms with E-state index < -0.39 is 0 Å². The highest BCUT2D eigenvalue weighted by atomic mass is 32.1. The summed E-state index contributed by atoms with van der Waals surface area (Å²) in [5.74, 6) is 0. The molecule has 0 aliphatic rings. The minimum atomic E-state index is 1.17. The number of para-hydroxylation sites is 2. The van der Waals surface area contributed by atoms with Crippen molar-refractivity contribution in [2.24, 2.45) is 0 Å². The molecule has 0 spiro atoms.